The highest BCUT2D eigenvalue weighted by molar-refractivity contribution is 6.73. The molecule has 0 heterocycles. The second kappa shape index (κ2) is 4.54. The summed E-state index contributed by atoms with van der Waals surface area (Å²) in [4.78, 5) is 11.0. The van der Waals surface area contributed by atoms with E-state index in [0.29, 0.717) is 12.1 Å². The Morgan fingerprint density at radius 1 is 1.17 bits per heavy atom. The zero-order valence-corrected chi connectivity index (χ0v) is 8.89. The lowest BCUT2D eigenvalue weighted by Gasteiger charge is -2.18. The van der Waals surface area contributed by atoms with Gasteiger partial charge in [-0.05, 0) is 6.07 Å². The van der Waals surface area contributed by atoms with Gasteiger partial charge in [0.2, 0.25) is 0 Å². The van der Waals surface area contributed by atoms with Crippen LogP contribution in [0.2, 0.25) is 0 Å². The molecule has 0 N–H and O–H groups in total. The Morgan fingerprint density at radius 2 is 1.72 bits per heavy atom. The average Bonchev–Trinajstić information content (AvgIpc) is 2.25. The molecule has 9 heteroatoms. The van der Waals surface area contributed by atoms with Crippen LogP contribution in [0.25, 0.3) is 0 Å². The van der Waals surface area contributed by atoms with E-state index in [1.54, 1.807) is 0 Å². The Bertz CT molecular complexity index is 433. The van der Waals surface area contributed by atoms with E-state index in [1.807, 2.05) is 0 Å². The predicted molar refractivity (Wildman–Crippen MR) is 51.5 cm³/mol. The molecule has 0 saturated heterocycles. The topological polar surface area (TPSA) is 26.3 Å². The lowest BCUT2D eigenvalue weighted by Crippen LogP contribution is -2.35. The Hall–Kier alpha value is -1.67. The molecule has 18 heavy (non-hydrogen) atoms. The van der Waals surface area contributed by atoms with Gasteiger partial charge in [-0.15, -0.1) is 5.46 Å². The summed E-state index contributed by atoms with van der Waals surface area (Å²) in [6, 6.07) is 0.616. The van der Waals surface area contributed by atoms with Crippen molar-refractivity contribution in [2.24, 2.45) is 0 Å². The van der Waals surface area contributed by atoms with Crippen molar-refractivity contribution in [1.29, 1.82) is 0 Å². The molecule has 2 nitrogen and oxygen atoms in total. The molecule has 0 spiro atoms. The molecule has 0 saturated carbocycles. The minimum atomic E-state index is -5.64. The van der Waals surface area contributed by atoms with Crippen LogP contribution < -0.4 is 5.46 Å². The molecule has 1 rings (SSSR count). The number of halogens is 6. The van der Waals surface area contributed by atoms with Crippen molar-refractivity contribution in [2.75, 3.05) is 7.11 Å². The van der Waals surface area contributed by atoms with Gasteiger partial charge in [-0.1, -0.05) is 12.1 Å². The summed E-state index contributed by atoms with van der Waals surface area (Å²) >= 11 is 0. The van der Waals surface area contributed by atoms with Gasteiger partial charge >= 0.3 is 19.1 Å². The van der Waals surface area contributed by atoms with Gasteiger partial charge in [0.15, 0.2) is 0 Å². The molecule has 0 aliphatic heterocycles. The largest absolute Gasteiger partial charge is 0.509 e. The number of carbonyl (C=O) groups is 1. The fourth-order valence-electron chi connectivity index (χ4n) is 1.24. The molecule has 0 fully saturated rings. The maximum Gasteiger partial charge on any atom is 0.509 e. The van der Waals surface area contributed by atoms with E-state index < -0.39 is 35.7 Å². The zero-order chi connectivity index (χ0) is 14.1. The third-order valence-corrected chi connectivity index (χ3v) is 2.08. The Kier molecular flexibility index (Phi) is 3.63. The second-order valence-corrected chi connectivity index (χ2v) is 3.41. The maximum atomic E-state index is 12.4. The molecular formula is C9H6BF6O2-. The van der Waals surface area contributed by atoms with Crippen LogP contribution in [-0.2, 0) is 10.9 Å². The molecule has 0 atom stereocenters. The first kappa shape index (κ1) is 14.4. The van der Waals surface area contributed by atoms with E-state index in [2.05, 4.69) is 4.74 Å². The summed E-state index contributed by atoms with van der Waals surface area (Å²) in [7, 11) is 0.862. The first-order valence-corrected chi connectivity index (χ1v) is 4.56. The monoisotopic (exact) mass is 271 g/mol. The molecular weight excluding hydrogens is 265 g/mol. The van der Waals surface area contributed by atoms with Gasteiger partial charge in [0.05, 0.1) is 18.2 Å². The number of methoxy groups -OCH3 is 1. The summed E-state index contributed by atoms with van der Waals surface area (Å²) in [5.74, 6) is -1.26. The van der Waals surface area contributed by atoms with Crippen molar-refractivity contribution in [2.45, 2.75) is 6.18 Å². The molecule has 100 valence electrons. The van der Waals surface area contributed by atoms with Gasteiger partial charge in [-0.3, -0.25) is 0 Å². The van der Waals surface area contributed by atoms with Crippen LogP contribution in [0, 0.1) is 0 Å². The predicted octanol–water partition coefficient (Wildman–Crippen LogP) is 2.55. The minimum absolute atomic E-state index is 0.0353. The van der Waals surface area contributed by atoms with Crippen LogP contribution in [0.1, 0.15) is 15.9 Å². The molecule has 0 aliphatic rings. The minimum Gasteiger partial charge on any atom is -0.465 e. The van der Waals surface area contributed by atoms with Gasteiger partial charge in [0.1, 0.15) is 0 Å². The lowest BCUT2D eigenvalue weighted by atomic mass is 9.78. The molecule has 0 aromatic heterocycles. The highest BCUT2D eigenvalue weighted by Gasteiger charge is 2.35. The van der Waals surface area contributed by atoms with Crippen molar-refractivity contribution in [3.63, 3.8) is 0 Å². The van der Waals surface area contributed by atoms with Gasteiger partial charge in [-0.25, -0.2) is 4.79 Å². The third kappa shape index (κ3) is 3.17. The van der Waals surface area contributed by atoms with E-state index in [0.717, 1.165) is 7.11 Å². The highest BCUT2D eigenvalue weighted by Crippen LogP contribution is 2.30. The summed E-state index contributed by atoms with van der Waals surface area (Å²) in [5.41, 5.74) is -3.83. The molecule has 0 radical (unpaired) electrons. The van der Waals surface area contributed by atoms with Gasteiger partial charge in [-0.2, -0.15) is 13.2 Å². The van der Waals surface area contributed by atoms with E-state index in [1.165, 1.54) is 0 Å². The van der Waals surface area contributed by atoms with Crippen LogP contribution in [0.3, 0.4) is 0 Å². The van der Waals surface area contributed by atoms with Crippen LogP contribution in [0.4, 0.5) is 26.1 Å². The van der Waals surface area contributed by atoms with Gasteiger partial charge in [0, 0.05) is 0 Å². The normalized spacial score (nSPS) is 12.4. The summed E-state index contributed by atoms with van der Waals surface area (Å²) < 4.78 is 78.6. The van der Waals surface area contributed by atoms with E-state index in [4.69, 9.17) is 0 Å². The smallest absolute Gasteiger partial charge is 0.465 e. The van der Waals surface area contributed by atoms with E-state index >= 15 is 0 Å². The fraction of sp³-hybridized carbons (Fsp3) is 0.222. The number of hydrogen-bond donors (Lipinski definition) is 0. The second-order valence-electron chi connectivity index (χ2n) is 3.41. The first-order valence-electron chi connectivity index (χ1n) is 4.56. The molecule has 0 amide bonds. The highest BCUT2D eigenvalue weighted by atomic mass is 19.4. The Labute approximate surface area is 97.6 Å². The molecule has 0 aliphatic carbocycles. The Balaban J connectivity index is 3.44. The van der Waals surface area contributed by atoms with Crippen LogP contribution in [0.15, 0.2) is 18.2 Å². The van der Waals surface area contributed by atoms with Crippen LogP contribution in [-0.4, -0.2) is 20.1 Å². The van der Waals surface area contributed by atoms with Gasteiger partial charge < -0.3 is 17.7 Å². The number of esters is 1. The number of hydrogen-bond acceptors (Lipinski definition) is 2. The molecule has 1 aromatic carbocycles. The third-order valence-electron chi connectivity index (χ3n) is 2.08. The number of carbonyl (C=O) groups excluding carboxylic acids is 1. The number of ether oxygens (including phenoxy) is 1. The number of benzene rings is 1. The van der Waals surface area contributed by atoms with Crippen LogP contribution >= 0.6 is 0 Å². The SMILES string of the molecule is COC(=O)c1cc([B-](F)(F)F)cc(C(F)(F)F)c1. The summed E-state index contributed by atoms with van der Waals surface area (Å²) in [6.45, 7) is -5.64. The fourth-order valence-corrected chi connectivity index (χ4v) is 1.24. The molecule has 0 unspecified atom stereocenters. The zero-order valence-electron chi connectivity index (χ0n) is 8.89. The standard InChI is InChI=1S/C9H6BF6O2/c1-18-8(17)5-2-6(9(11,12)13)4-7(3-5)10(14,15)16/h2-4H,1H3/q-1. The Morgan fingerprint density at radius 3 is 2.11 bits per heavy atom. The van der Waals surface area contributed by atoms with Crippen molar-refractivity contribution >= 4 is 18.4 Å². The molecule has 0 bridgehead atoms. The van der Waals surface area contributed by atoms with Gasteiger partial charge in [0.25, 0.3) is 0 Å². The first-order chi connectivity index (χ1) is 8.05. The maximum absolute atomic E-state index is 12.4. The van der Waals surface area contributed by atoms with Crippen LogP contribution in [0.5, 0.6) is 0 Å². The summed E-state index contributed by atoms with van der Waals surface area (Å²) in [6.07, 6.45) is -4.97. The van der Waals surface area contributed by atoms with Crippen molar-refractivity contribution < 1.29 is 35.6 Å². The van der Waals surface area contributed by atoms with E-state index in [-0.39, 0.29) is 6.07 Å². The van der Waals surface area contributed by atoms with Crippen molar-refractivity contribution in [1.82, 2.24) is 0 Å². The van der Waals surface area contributed by atoms with Crippen molar-refractivity contribution in [3.8, 4) is 0 Å². The number of rotatable bonds is 2. The molecule has 1 aromatic rings. The van der Waals surface area contributed by atoms with Crippen molar-refractivity contribution in [3.05, 3.63) is 29.3 Å². The van der Waals surface area contributed by atoms with E-state index in [9.17, 15) is 30.9 Å². The average molecular weight is 271 g/mol. The quantitative estimate of drug-likeness (QED) is 0.469. The number of alkyl halides is 3. The lowest BCUT2D eigenvalue weighted by molar-refractivity contribution is -0.137. The summed E-state index contributed by atoms with van der Waals surface area (Å²) in [5, 5.41) is 0.